The summed E-state index contributed by atoms with van der Waals surface area (Å²) in [5.74, 6) is -1.37. The Hall–Kier alpha value is -2.40. The van der Waals surface area contributed by atoms with Gasteiger partial charge in [-0.25, -0.2) is 4.79 Å². The predicted molar refractivity (Wildman–Crippen MR) is 75.0 cm³/mol. The topological polar surface area (TPSA) is 79.3 Å². The monoisotopic (exact) mass is 290 g/mol. The molecule has 0 aliphatic heterocycles. The van der Waals surface area contributed by atoms with Crippen molar-refractivity contribution in [2.24, 2.45) is 0 Å². The van der Waals surface area contributed by atoms with Crippen molar-refractivity contribution >= 4 is 29.2 Å². The molecule has 0 bridgehead atoms. The SMILES string of the molecule is O=C(Cc1cccnc1)Nc1cc(Cl)cc(C(=O)O)c1. The first-order valence-corrected chi connectivity index (χ1v) is 6.15. The Morgan fingerprint density at radius 2 is 2.10 bits per heavy atom. The van der Waals surface area contributed by atoms with Crippen LogP contribution >= 0.6 is 11.6 Å². The van der Waals surface area contributed by atoms with Crippen LogP contribution in [0.15, 0.2) is 42.7 Å². The average molecular weight is 291 g/mol. The summed E-state index contributed by atoms with van der Waals surface area (Å²) in [5, 5.41) is 11.8. The largest absolute Gasteiger partial charge is 0.478 e. The van der Waals surface area contributed by atoms with Gasteiger partial charge in [0.1, 0.15) is 0 Å². The summed E-state index contributed by atoms with van der Waals surface area (Å²) < 4.78 is 0. The van der Waals surface area contributed by atoms with E-state index in [4.69, 9.17) is 16.7 Å². The number of benzene rings is 1. The summed E-state index contributed by atoms with van der Waals surface area (Å²) in [6.45, 7) is 0. The quantitative estimate of drug-likeness (QED) is 0.907. The lowest BCUT2D eigenvalue weighted by atomic mass is 10.1. The molecular weight excluding hydrogens is 280 g/mol. The Bertz CT molecular complexity index is 644. The molecule has 1 aromatic heterocycles. The van der Waals surface area contributed by atoms with Crippen molar-refractivity contribution in [2.45, 2.75) is 6.42 Å². The average Bonchev–Trinajstić information content (AvgIpc) is 2.38. The number of hydrogen-bond donors (Lipinski definition) is 2. The molecule has 0 fully saturated rings. The van der Waals surface area contributed by atoms with Crippen LogP contribution in [-0.4, -0.2) is 22.0 Å². The molecule has 0 unspecified atom stereocenters. The smallest absolute Gasteiger partial charge is 0.335 e. The lowest BCUT2D eigenvalue weighted by molar-refractivity contribution is -0.115. The first kappa shape index (κ1) is 14.0. The Balaban J connectivity index is 2.10. The minimum absolute atomic E-state index is 0.0224. The highest BCUT2D eigenvalue weighted by Gasteiger charge is 2.09. The second-order valence-corrected chi connectivity index (χ2v) is 4.56. The zero-order valence-corrected chi connectivity index (χ0v) is 11.1. The van der Waals surface area contributed by atoms with Gasteiger partial charge in [0.2, 0.25) is 5.91 Å². The van der Waals surface area contributed by atoms with Crippen LogP contribution in [0, 0.1) is 0 Å². The van der Waals surface area contributed by atoms with Crippen LogP contribution in [0.5, 0.6) is 0 Å². The number of pyridine rings is 1. The van der Waals surface area contributed by atoms with E-state index in [2.05, 4.69) is 10.3 Å². The van der Waals surface area contributed by atoms with Gasteiger partial charge in [-0.05, 0) is 29.8 Å². The fourth-order valence-electron chi connectivity index (χ4n) is 1.68. The predicted octanol–water partition coefficient (Wildman–Crippen LogP) is 2.61. The van der Waals surface area contributed by atoms with Crippen LogP contribution in [0.2, 0.25) is 5.02 Å². The van der Waals surface area contributed by atoms with Crippen LogP contribution < -0.4 is 5.32 Å². The molecule has 1 heterocycles. The molecule has 0 saturated carbocycles. The van der Waals surface area contributed by atoms with Gasteiger partial charge in [-0.15, -0.1) is 0 Å². The second-order valence-electron chi connectivity index (χ2n) is 4.12. The zero-order valence-electron chi connectivity index (χ0n) is 10.3. The Labute approximate surface area is 120 Å². The molecule has 2 rings (SSSR count). The highest BCUT2D eigenvalue weighted by atomic mass is 35.5. The number of rotatable bonds is 4. The first-order valence-electron chi connectivity index (χ1n) is 5.77. The minimum Gasteiger partial charge on any atom is -0.478 e. The van der Waals surface area contributed by atoms with E-state index in [9.17, 15) is 9.59 Å². The molecule has 6 heteroatoms. The van der Waals surface area contributed by atoms with E-state index in [0.29, 0.717) is 5.69 Å². The number of nitrogens with zero attached hydrogens (tertiary/aromatic N) is 1. The number of carbonyl (C=O) groups excluding carboxylic acids is 1. The van der Waals surface area contributed by atoms with E-state index in [1.807, 2.05) is 0 Å². The van der Waals surface area contributed by atoms with Gasteiger partial charge in [0, 0.05) is 23.1 Å². The molecule has 0 aliphatic carbocycles. The van der Waals surface area contributed by atoms with Crippen LogP contribution in [0.3, 0.4) is 0 Å². The second kappa shape index (κ2) is 6.16. The number of anilines is 1. The molecule has 1 aromatic carbocycles. The molecule has 0 aliphatic rings. The summed E-state index contributed by atoms with van der Waals surface area (Å²) in [6, 6.07) is 7.70. The molecule has 102 valence electrons. The maximum atomic E-state index is 11.8. The third-order valence-corrected chi connectivity index (χ3v) is 2.73. The maximum absolute atomic E-state index is 11.8. The maximum Gasteiger partial charge on any atom is 0.335 e. The summed E-state index contributed by atoms with van der Waals surface area (Å²) in [4.78, 5) is 26.7. The molecule has 0 radical (unpaired) electrons. The summed E-state index contributed by atoms with van der Waals surface area (Å²) in [7, 11) is 0. The normalized spacial score (nSPS) is 10.1. The van der Waals surface area contributed by atoms with E-state index in [1.54, 1.807) is 24.5 Å². The van der Waals surface area contributed by atoms with Crippen LogP contribution in [0.25, 0.3) is 0 Å². The molecule has 0 atom stereocenters. The number of aromatic carboxylic acids is 1. The van der Waals surface area contributed by atoms with Gasteiger partial charge in [0.25, 0.3) is 0 Å². The number of amides is 1. The fraction of sp³-hybridized carbons (Fsp3) is 0.0714. The van der Waals surface area contributed by atoms with Crippen molar-refractivity contribution in [3.8, 4) is 0 Å². The highest BCUT2D eigenvalue weighted by Crippen LogP contribution is 2.19. The number of nitrogens with one attached hydrogen (secondary N) is 1. The summed E-state index contributed by atoms with van der Waals surface area (Å²) >= 11 is 5.81. The Morgan fingerprint density at radius 3 is 2.75 bits per heavy atom. The van der Waals surface area contributed by atoms with E-state index in [0.717, 1.165) is 5.56 Å². The van der Waals surface area contributed by atoms with Crippen LogP contribution in [0.4, 0.5) is 5.69 Å². The van der Waals surface area contributed by atoms with E-state index < -0.39 is 5.97 Å². The van der Waals surface area contributed by atoms with Crippen molar-refractivity contribution < 1.29 is 14.7 Å². The van der Waals surface area contributed by atoms with Crippen molar-refractivity contribution in [1.82, 2.24) is 4.98 Å². The van der Waals surface area contributed by atoms with Gasteiger partial charge in [-0.1, -0.05) is 17.7 Å². The molecule has 1 amide bonds. The van der Waals surface area contributed by atoms with E-state index in [1.165, 1.54) is 18.2 Å². The number of halogens is 1. The van der Waals surface area contributed by atoms with Crippen molar-refractivity contribution in [1.29, 1.82) is 0 Å². The van der Waals surface area contributed by atoms with Gasteiger partial charge in [0.05, 0.1) is 12.0 Å². The first-order chi connectivity index (χ1) is 9.54. The third-order valence-electron chi connectivity index (χ3n) is 2.52. The molecular formula is C14H11ClN2O3. The van der Waals surface area contributed by atoms with E-state index >= 15 is 0 Å². The minimum atomic E-state index is -1.10. The molecule has 20 heavy (non-hydrogen) atoms. The van der Waals surface area contributed by atoms with Gasteiger partial charge in [0.15, 0.2) is 0 Å². The number of carbonyl (C=O) groups is 2. The van der Waals surface area contributed by atoms with Gasteiger partial charge in [-0.3, -0.25) is 9.78 Å². The number of aromatic nitrogens is 1. The summed E-state index contributed by atoms with van der Waals surface area (Å²) in [6.07, 6.45) is 3.38. The van der Waals surface area contributed by atoms with E-state index in [-0.39, 0.29) is 22.9 Å². The van der Waals surface area contributed by atoms with Gasteiger partial charge >= 0.3 is 5.97 Å². The van der Waals surface area contributed by atoms with Gasteiger partial charge < -0.3 is 10.4 Å². The highest BCUT2D eigenvalue weighted by molar-refractivity contribution is 6.31. The van der Waals surface area contributed by atoms with Crippen LogP contribution in [-0.2, 0) is 11.2 Å². The van der Waals surface area contributed by atoms with Crippen molar-refractivity contribution in [2.75, 3.05) is 5.32 Å². The number of carboxylic acids is 1. The Kier molecular flexibility index (Phi) is 4.32. The van der Waals surface area contributed by atoms with Crippen molar-refractivity contribution in [3.63, 3.8) is 0 Å². The van der Waals surface area contributed by atoms with Crippen molar-refractivity contribution in [3.05, 3.63) is 58.9 Å². The summed E-state index contributed by atoms with van der Waals surface area (Å²) in [5.41, 5.74) is 1.14. The number of hydrogen-bond acceptors (Lipinski definition) is 3. The third kappa shape index (κ3) is 3.80. The zero-order chi connectivity index (χ0) is 14.5. The Morgan fingerprint density at radius 1 is 1.30 bits per heavy atom. The van der Waals surface area contributed by atoms with Gasteiger partial charge in [-0.2, -0.15) is 0 Å². The number of carboxylic acid groups (broad SMARTS) is 1. The lowest BCUT2D eigenvalue weighted by Crippen LogP contribution is -2.15. The standard InChI is InChI=1S/C14H11ClN2O3/c15-11-5-10(14(19)20)6-12(7-11)17-13(18)4-9-2-1-3-16-8-9/h1-3,5-8H,4H2,(H,17,18)(H,19,20). The fourth-order valence-corrected chi connectivity index (χ4v) is 1.91. The molecule has 0 saturated heterocycles. The molecule has 0 spiro atoms. The molecule has 5 nitrogen and oxygen atoms in total. The molecule has 2 aromatic rings. The lowest BCUT2D eigenvalue weighted by Gasteiger charge is -2.07. The van der Waals surface area contributed by atoms with Crippen LogP contribution in [0.1, 0.15) is 15.9 Å². The molecule has 2 N–H and O–H groups in total.